The van der Waals surface area contributed by atoms with E-state index in [0.29, 0.717) is 0 Å². The zero-order valence-electron chi connectivity index (χ0n) is 5.85. The number of carbonyl (C=O) groups is 1. The monoisotopic (exact) mass is 131 g/mol. The Morgan fingerprint density at radius 3 is 2.67 bits per heavy atom. The standard InChI is InChI=1S/C6H13NO2/c1-3-7-5(2)6(9)4-8/h5,7-8H,3-4H2,1-2H3/t5-/m0/s1. The van der Waals surface area contributed by atoms with Gasteiger partial charge in [0.15, 0.2) is 5.78 Å². The van der Waals surface area contributed by atoms with Gasteiger partial charge in [-0.05, 0) is 13.5 Å². The second-order valence-electron chi connectivity index (χ2n) is 1.90. The van der Waals surface area contributed by atoms with Crippen molar-refractivity contribution in [3.63, 3.8) is 0 Å². The quantitative estimate of drug-likeness (QED) is 0.543. The predicted octanol–water partition coefficient (Wildman–Crippen LogP) is -0.454. The zero-order chi connectivity index (χ0) is 7.28. The van der Waals surface area contributed by atoms with Crippen LogP contribution in [-0.4, -0.2) is 30.1 Å². The maximum atomic E-state index is 10.6. The molecule has 0 saturated heterocycles. The van der Waals surface area contributed by atoms with Gasteiger partial charge in [-0.2, -0.15) is 0 Å². The van der Waals surface area contributed by atoms with Crippen LogP contribution in [-0.2, 0) is 4.79 Å². The summed E-state index contributed by atoms with van der Waals surface area (Å²) in [5.74, 6) is -0.156. The topological polar surface area (TPSA) is 49.3 Å². The summed E-state index contributed by atoms with van der Waals surface area (Å²) in [6, 6.07) is -0.208. The summed E-state index contributed by atoms with van der Waals surface area (Å²) in [4.78, 5) is 10.6. The second-order valence-corrected chi connectivity index (χ2v) is 1.90. The lowest BCUT2D eigenvalue weighted by Crippen LogP contribution is -2.35. The molecule has 0 aliphatic carbocycles. The predicted molar refractivity (Wildman–Crippen MR) is 35.2 cm³/mol. The van der Waals surface area contributed by atoms with Crippen molar-refractivity contribution in [2.75, 3.05) is 13.2 Å². The molecule has 1 atom stereocenters. The fraction of sp³-hybridized carbons (Fsp3) is 0.833. The number of carbonyl (C=O) groups excluding carboxylic acids is 1. The van der Waals surface area contributed by atoms with Crippen molar-refractivity contribution in [3.8, 4) is 0 Å². The molecular weight excluding hydrogens is 118 g/mol. The molecule has 0 spiro atoms. The summed E-state index contributed by atoms with van der Waals surface area (Å²) in [6.07, 6.45) is 0. The third kappa shape index (κ3) is 3.21. The number of hydrogen-bond donors (Lipinski definition) is 2. The first-order chi connectivity index (χ1) is 4.22. The number of Topliss-reactive ketones (excluding diaryl/α,β-unsaturated/α-hetero) is 1. The smallest absolute Gasteiger partial charge is 0.174 e. The van der Waals surface area contributed by atoms with E-state index in [4.69, 9.17) is 5.11 Å². The van der Waals surface area contributed by atoms with Gasteiger partial charge in [0.1, 0.15) is 6.61 Å². The lowest BCUT2D eigenvalue weighted by Gasteiger charge is -2.07. The van der Waals surface area contributed by atoms with Crippen LogP contribution in [0.3, 0.4) is 0 Å². The van der Waals surface area contributed by atoms with Crippen LogP contribution in [0.15, 0.2) is 0 Å². The molecule has 0 fully saturated rings. The Labute approximate surface area is 55.1 Å². The maximum absolute atomic E-state index is 10.6. The van der Waals surface area contributed by atoms with Crippen LogP contribution < -0.4 is 5.32 Å². The van der Waals surface area contributed by atoms with Crippen LogP contribution in [0.5, 0.6) is 0 Å². The highest BCUT2D eigenvalue weighted by Gasteiger charge is 2.07. The van der Waals surface area contributed by atoms with Crippen molar-refractivity contribution in [2.45, 2.75) is 19.9 Å². The first kappa shape index (κ1) is 8.59. The number of rotatable bonds is 4. The Morgan fingerprint density at radius 2 is 2.33 bits per heavy atom. The van der Waals surface area contributed by atoms with Gasteiger partial charge >= 0.3 is 0 Å². The van der Waals surface area contributed by atoms with E-state index in [2.05, 4.69) is 5.32 Å². The molecular formula is C6H13NO2. The van der Waals surface area contributed by atoms with E-state index >= 15 is 0 Å². The number of aliphatic hydroxyl groups is 1. The lowest BCUT2D eigenvalue weighted by molar-refractivity contribution is -0.123. The molecule has 0 bridgehead atoms. The van der Waals surface area contributed by atoms with Gasteiger partial charge in [-0.25, -0.2) is 0 Å². The minimum absolute atomic E-state index is 0.156. The van der Waals surface area contributed by atoms with Crippen molar-refractivity contribution >= 4 is 5.78 Å². The average Bonchev–Trinajstić information content (AvgIpc) is 1.87. The summed E-state index contributed by atoms with van der Waals surface area (Å²) in [6.45, 7) is 4.05. The Morgan fingerprint density at radius 1 is 1.78 bits per heavy atom. The maximum Gasteiger partial charge on any atom is 0.174 e. The van der Waals surface area contributed by atoms with Crippen LogP contribution in [0, 0.1) is 0 Å². The molecule has 0 saturated carbocycles. The van der Waals surface area contributed by atoms with Gasteiger partial charge in [-0.1, -0.05) is 6.92 Å². The average molecular weight is 131 g/mol. The van der Waals surface area contributed by atoms with Crippen molar-refractivity contribution in [1.29, 1.82) is 0 Å². The summed E-state index contributed by atoms with van der Waals surface area (Å²) in [5.41, 5.74) is 0. The number of ketones is 1. The Bertz CT molecular complexity index is 93.1. The Kier molecular flexibility index (Phi) is 4.26. The minimum Gasteiger partial charge on any atom is -0.389 e. The number of nitrogens with one attached hydrogen (secondary N) is 1. The first-order valence-electron chi connectivity index (χ1n) is 3.09. The van der Waals surface area contributed by atoms with Gasteiger partial charge in [0, 0.05) is 0 Å². The molecule has 3 nitrogen and oxygen atoms in total. The van der Waals surface area contributed by atoms with Crippen molar-refractivity contribution in [3.05, 3.63) is 0 Å². The number of aliphatic hydroxyl groups excluding tert-OH is 1. The molecule has 54 valence electrons. The van der Waals surface area contributed by atoms with Gasteiger partial charge in [-0.3, -0.25) is 4.79 Å². The second kappa shape index (κ2) is 4.47. The van der Waals surface area contributed by atoms with Crippen molar-refractivity contribution in [2.24, 2.45) is 0 Å². The van der Waals surface area contributed by atoms with Crippen LogP contribution >= 0.6 is 0 Å². The van der Waals surface area contributed by atoms with Crippen LogP contribution in [0.25, 0.3) is 0 Å². The third-order valence-electron chi connectivity index (χ3n) is 1.15. The van der Waals surface area contributed by atoms with Crippen LogP contribution in [0.1, 0.15) is 13.8 Å². The van der Waals surface area contributed by atoms with Gasteiger partial charge in [0.05, 0.1) is 6.04 Å². The summed E-state index contributed by atoms with van der Waals surface area (Å²) in [7, 11) is 0. The molecule has 0 aliphatic rings. The van der Waals surface area contributed by atoms with Crippen molar-refractivity contribution in [1.82, 2.24) is 5.32 Å². The fourth-order valence-electron chi connectivity index (χ4n) is 0.557. The molecule has 0 heterocycles. The summed E-state index contributed by atoms with van der Waals surface area (Å²) in [5, 5.41) is 11.2. The summed E-state index contributed by atoms with van der Waals surface area (Å²) < 4.78 is 0. The first-order valence-corrected chi connectivity index (χ1v) is 3.09. The van der Waals surface area contributed by atoms with E-state index in [1.165, 1.54) is 0 Å². The van der Waals surface area contributed by atoms with Crippen LogP contribution in [0.4, 0.5) is 0 Å². The molecule has 0 radical (unpaired) electrons. The molecule has 0 aliphatic heterocycles. The molecule has 0 unspecified atom stereocenters. The molecule has 9 heavy (non-hydrogen) atoms. The molecule has 0 aromatic rings. The van der Waals surface area contributed by atoms with E-state index in [-0.39, 0.29) is 18.4 Å². The molecule has 2 N–H and O–H groups in total. The number of hydrogen-bond acceptors (Lipinski definition) is 3. The van der Waals surface area contributed by atoms with Gasteiger partial charge in [-0.15, -0.1) is 0 Å². The van der Waals surface area contributed by atoms with Gasteiger partial charge < -0.3 is 10.4 Å². The number of likely N-dealkylation sites (N-methyl/N-ethyl adjacent to an activating group) is 1. The van der Waals surface area contributed by atoms with E-state index in [1.807, 2.05) is 6.92 Å². The highest BCUT2D eigenvalue weighted by atomic mass is 16.3. The van der Waals surface area contributed by atoms with Crippen LogP contribution in [0.2, 0.25) is 0 Å². The SMILES string of the molecule is CCN[C@@H](C)C(=O)CO. The van der Waals surface area contributed by atoms with Crippen molar-refractivity contribution < 1.29 is 9.90 Å². The van der Waals surface area contributed by atoms with E-state index in [9.17, 15) is 4.79 Å². The highest BCUT2D eigenvalue weighted by molar-refractivity contribution is 5.84. The Hall–Kier alpha value is -0.410. The molecule has 0 rings (SSSR count). The highest BCUT2D eigenvalue weighted by Crippen LogP contribution is 1.81. The zero-order valence-corrected chi connectivity index (χ0v) is 5.85. The summed E-state index contributed by atoms with van der Waals surface area (Å²) >= 11 is 0. The molecule has 0 aromatic carbocycles. The van der Waals surface area contributed by atoms with Gasteiger partial charge in [0.2, 0.25) is 0 Å². The lowest BCUT2D eigenvalue weighted by atomic mass is 10.2. The van der Waals surface area contributed by atoms with Gasteiger partial charge in [0.25, 0.3) is 0 Å². The normalized spacial score (nSPS) is 13.2. The molecule has 0 amide bonds. The third-order valence-corrected chi connectivity index (χ3v) is 1.15. The minimum atomic E-state index is -0.367. The largest absolute Gasteiger partial charge is 0.389 e. The fourth-order valence-corrected chi connectivity index (χ4v) is 0.557. The molecule has 0 aromatic heterocycles. The molecule has 3 heteroatoms. The van der Waals surface area contributed by atoms with E-state index in [0.717, 1.165) is 6.54 Å². The van der Waals surface area contributed by atoms with E-state index in [1.54, 1.807) is 6.92 Å². The Balaban J connectivity index is 3.45. The van der Waals surface area contributed by atoms with E-state index < -0.39 is 0 Å².